The molecule has 1 rings (SSSR count). The quantitative estimate of drug-likeness (QED) is 0.764. The lowest BCUT2D eigenvalue weighted by molar-refractivity contribution is 0.608. The van der Waals surface area contributed by atoms with Gasteiger partial charge in [0, 0.05) is 18.3 Å². The molecule has 0 unspecified atom stereocenters. The minimum atomic E-state index is 0.117. The van der Waals surface area contributed by atoms with Crippen LogP contribution in [-0.4, -0.2) is 11.1 Å². The minimum absolute atomic E-state index is 0.117. The zero-order valence-electron chi connectivity index (χ0n) is 8.70. The number of aryl methyl sites for hydroxylation is 1. The van der Waals surface area contributed by atoms with Crippen LogP contribution in [0.3, 0.4) is 0 Å². The van der Waals surface area contributed by atoms with Crippen molar-refractivity contribution in [3.8, 4) is 0 Å². The highest BCUT2D eigenvalue weighted by Gasteiger charge is 2.00. The van der Waals surface area contributed by atoms with Gasteiger partial charge in [0.05, 0.1) is 0 Å². The third kappa shape index (κ3) is 2.70. The van der Waals surface area contributed by atoms with Gasteiger partial charge in [-0.3, -0.25) is 4.79 Å². The van der Waals surface area contributed by atoms with Crippen molar-refractivity contribution < 1.29 is 0 Å². The Labute approximate surface area is 84.6 Å². The first-order chi connectivity index (χ1) is 6.79. The number of hydrogen-bond donors (Lipinski definition) is 1. The van der Waals surface area contributed by atoms with E-state index in [1.54, 1.807) is 4.57 Å². The van der Waals surface area contributed by atoms with E-state index < -0.39 is 0 Å². The van der Waals surface area contributed by atoms with Gasteiger partial charge in [-0.15, -0.1) is 0 Å². The molecule has 14 heavy (non-hydrogen) atoms. The Hall–Kier alpha value is -1.09. The fourth-order valence-electron chi connectivity index (χ4n) is 1.44. The van der Waals surface area contributed by atoms with E-state index in [0.29, 0.717) is 13.0 Å². The van der Waals surface area contributed by atoms with Crippen LogP contribution in [0.4, 0.5) is 0 Å². The molecule has 0 saturated heterocycles. The molecule has 0 spiro atoms. The van der Waals surface area contributed by atoms with Crippen molar-refractivity contribution in [3.63, 3.8) is 0 Å². The second kappa shape index (κ2) is 5.60. The molecule has 78 valence electrons. The number of aromatic nitrogens is 1. The van der Waals surface area contributed by atoms with Crippen molar-refractivity contribution in [2.45, 2.75) is 32.7 Å². The lowest BCUT2D eigenvalue weighted by atomic mass is 10.2. The van der Waals surface area contributed by atoms with E-state index in [1.165, 1.54) is 0 Å². The largest absolute Gasteiger partial charge is 0.330 e. The third-order valence-electron chi connectivity index (χ3n) is 2.27. The molecular weight excluding hydrogens is 176 g/mol. The SMILES string of the molecule is CCCCn1cccc(CCN)c1=O. The molecule has 0 aliphatic heterocycles. The smallest absolute Gasteiger partial charge is 0.253 e. The number of hydrogen-bond acceptors (Lipinski definition) is 2. The molecule has 2 N–H and O–H groups in total. The molecule has 0 bridgehead atoms. The van der Waals surface area contributed by atoms with Gasteiger partial charge in [0.15, 0.2) is 0 Å². The molecular formula is C11H18N2O. The fourth-order valence-corrected chi connectivity index (χ4v) is 1.44. The average Bonchev–Trinajstić information content (AvgIpc) is 2.20. The molecule has 1 aromatic heterocycles. The number of nitrogens with zero attached hydrogens (tertiary/aromatic N) is 1. The number of unbranched alkanes of at least 4 members (excludes halogenated alkanes) is 1. The number of rotatable bonds is 5. The predicted molar refractivity (Wildman–Crippen MR) is 58.4 cm³/mol. The standard InChI is InChI=1S/C11H18N2O/c1-2-3-8-13-9-4-5-10(6-7-12)11(13)14/h4-5,9H,2-3,6-8,12H2,1H3. The van der Waals surface area contributed by atoms with Crippen molar-refractivity contribution >= 4 is 0 Å². The predicted octanol–water partition coefficient (Wildman–Crippen LogP) is 1.15. The molecule has 3 heteroatoms. The summed E-state index contributed by atoms with van der Waals surface area (Å²) in [6.45, 7) is 3.47. The Kier molecular flexibility index (Phi) is 4.40. The molecule has 0 aliphatic rings. The van der Waals surface area contributed by atoms with Gasteiger partial charge in [0.1, 0.15) is 0 Å². The van der Waals surface area contributed by atoms with E-state index >= 15 is 0 Å². The molecule has 0 aromatic carbocycles. The lowest BCUT2D eigenvalue weighted by Gasteiger charge is -2.06. The highest BCUT2D eigenvalue weighted by atomic mass is 16.1. The fraction of sp³-hybridized carbons (Fsp3) is 0.545. The zero-order valence-corrected chi connectivity index (χ0v) is 8.70. The molecule has 1 heterocycles. The summed E-state index contributed by atoms with van der Waals surface area (Å²) in [7, 11) is 0. The maximum atomic E-state index is 11.8. The highest BCUT2D eigenvalue weighted by molar-refractivity contribution is 5.10. The molecule has 1 aromatic rings. The first-order valence-corrected chi connectivity index (χ1v) is 5.18. The molecule has 3 nitrogen and oxygen atoms in total. The number of nitrogens with two attached hydrogens (primary N) is 1. The van der Waals surface area contributed by atoms with Crippen LogP contribution >= 0.6 is 0 Å². The van der Waals surface area contributed by atoms with Gasteiger partial charge < -0.3 is 10.3 Å². The van der Waals surface area contributed by atoms with Crippen LogP contribution in [0.15, 0.2) is 23.1 Å². The van der Waals surface area contributed by atoms with Gasteiger partial charge in [0.2, 0.25) is 0 Å². The van der Waals surface area contributed by atoms with Crippen LogP contribution in [0, 0.1) is 0 Å². The monoisotopic (exact) mass is 194 g/mol. The molecule has 0 aliphatic carbocycles. The van der Waals surface area contributed by atoms with Crippen molar-refractivity contribution in [2.24, 2.45) is 5.73 Å². The second-order valence-electron chi connectivity index (χ2n) is 3.42. The Balaban J connectivity index is 2.84. The van der Waals surface area contributed by atoms with Crippen molar-refractivity contribution in [3.05, 3.63) is 34.2 Å². The van der Waals surface area contributed by atoms with E-state index in [-0.39, 0.29) is 5.56 Å². The Morgan fingerprint density at radius 2 is 2.29 bits per heavy atom. The van der Waals surface area contributed by atoms with Crippen LogP contribution in [0.2, 0.25) is 0 Å². The Bertz CT molecular complexity index is 330. The molecule has 0 radical (unpaired) electrons. The minimum Gasteiger partial charge on any atom is -0.330 e. The molecule has 0 saturated carbocycles. The average molecular weight is 194 g/mol. The van der Waals surface area contributed by atoms with Gasteiger partial charge in [0.25, 0.3) is 5.56 Å². The van der Waals surface area contributed by atoms with Crippen molar-refractivity contribution in [1.29, 1.82) is 0 Å². The second-order valence-corrected chi connectivity index (χ2v) is 3.42. The van der Waals surface area contributed by atoms with E-state index in [4.69, 9.17) is 5.73 Å². The summed E-state index contributed by atoms with van der Waals surface area (Å²) < 4.78 is 1.77. The summed E-state index contributed by atoms with van der Waals surface area (Å²) in [6.07, 6.45) is 4.67. The summed E-state index contributed by atoms with van der Waals surface area (Å²) in [6, 6.07) is 3.78. The van der Waals surface area contributed by atoms with E-state index in [2.05, 4.69) is 6.92 Å². The normalized spacial score (nSPS) is 10.4. The maximum Gasteiger partial charge on any atom is 0.253 e. The van der Waals surface area contributed by atoms with E-state index in [9.17, 15) is 4.79 Å². The van der Waals surface area contributed by atoms with Gasteiger partial charge in [-0.05, 0) is 25.5 Å². The maximum absolute atomic E-state index is 11.8. The summed E-state index contributed by atoms with van der Waals surface area (Å²) in [5.41, 5.74) is 6.37. The van der Waals surface area contributed by atoms with E-state index in [1.807, 2.05) is 18.3 Å². The summed E-state index contributed by atoms with van der Waals surface area (Å²) in [4.78, 5) is 11.8. The van der Waals surface area contributed by atoms with Crippen molar-refractivity contribution in [2.75, 3.05) is 6.54 Å². The van der Waals surface area contributed by atoms with Crippen LogP contribution in [0.1, 0.15) is 25.3 Å². The van der Waals surface area contributed by atoms with Gasteiger partial charge in [-0.2, -0.15) is 0 Å². The number of pyridine rings is 1. The first kappa shape index (κ1) is 11.0. The zero-order chi connectivity index (χ0) is 10.4. The topological polar surface area (TPSA) is 48.0 Å². The van der Waals surface area contributed by atoms with Gasteiger partial charge in [-0.1, -0.05) is 19.4 Å². The summed E-state index contributed by atoms with van der Waals surface area (Å²) in [5.74, 6) is 0. The van der Waals surface area contributed by atoms with Crippen LogP contribution < -0.4 is 11.3 Å². The Morgan fingerprint density at radius 3 is 2.93 bits per heavy atom. The van der Waals surface area contributed by atoms with Crippen LogP contribution in [0.25, 0.3) is 0 Å². The molecule has 0 amide bonds. The van der Waals surface area contributed by atoms with Crippen LogP contribution in [-0.2, 0) is 13.0 Å². The summed E-state index contributed by atoms with van der Waals surface area (Å²) >= 11 is 0. The van der Waals surface area contributed by atoms with Gasteiger partial charge >= 0.3 is 0 Å². The summed E-state index contributed by atoms with van der Waals surface area (Å²) in [5, 5.41) is 0. The molecule has 0 atom stereocenters. The first-order valence-electron chi connectivity index (χ1n) is 5.18. The van der Waals surface area contributed by atoms with Gasteiger partial charge in [-0.25, -0.2) is 0 Å². The molecule has 0 fully saturated rings. The lowest BCUT2D eigenvalue weighted by Crippen LogP contribution is -2.24. The van der Waals surface area contributed by atoms with E-state index in [0.717, 1.165) is 24.9 Å². The van der Waals surface area contributed by atoms with Crippen molar-refractivity contribution in [1.82, 2.24) is 4.57 Å². The third-order valence-corrected chi connectivity index (χ3v) is 2.27. The Morgan fingerprint density at radius 1 is 1.50 bits per heavy atom. The highest BCUT2D eigenvalue weighted by Crippen LogP contribution is 1.95. The van der Waals surface area contributed by atoms with Crippen LogP contribution in [0.5, 0.6) is 0 Å².